The Kier molecular flexibility index (Phi) is 3.63. The highest BCUT2D eigenvalue weighted by atomic mass is 16.4. The molecule has 1 N–H and O–H groups in total. The topological polar surface area (TPSA) is 75.4 Å². The van der Waals surface area contributed by atoms with Crippen molar-refractivity contribution in [1.29, 1.82) is 0 Å². The zero-order valence-corrected chi connectivity index (χ0v) is 14.1. The van der Waals surface area contributed by atoms with Crippen molar-refractivity contribution in [3.05, 3.63) is 54.1 Å². The van der Waals surface area contributed by atoms with Crippen LogP contribution in [0, 0.1) is 5.92 Å². The van der Waals surface area contributed by atoms with E-state index in [9.17, 15) is 14.7 Å². The number of imidazole rings is 1. The maximum absolute atomic E-state index is 12.7. The number of amides is 1. The van der Waals surface area contributed by atoms with Crippen molar-refractivity contribution in [3.63, 3.8) is 0 Å². The lowest BCUT2D eigenvalue weighted by atomic mass is 9.94. The Labute approximate surface area is 146 Å². The van der Waals surface area contributed by atoms with Crippen LogP contribution in [0.5, 0.6) is 0 Å². The predicted molar refractivity (Wildman–Crippen MR) is 90.8 cm³/mol. The highest BCUT2D eigenvalue weighted by Crippen LogP contribution is 2.51. The first-order chi connectivity index (χ1) is 12.0. The van der Waals surface area contributed by atoms with Crippen molar-refractivity contribution < 1.29 is 14.7 Å². The van der Waals surface area contributed by atoms with Crippen molar-refractivity contribution >= 4 is 11.9 Å². The van der Waals surface area contributed by atoms with Crippen molar-refractivity contribution in [2.45, 2.75) is 30.7 Å². The van der Waals surface area contributed by atoms with Gasteiger partial charge in [0, 0.05) is 37.8 Å². The monoisotopic (exact) mass is 339 g/mol. The van der Waals surface area contributed by atoms with E-state index in [1.807, 2.05) is 29.8 Å². The van der Waals surface area contributed by atoms with Gasteiger partial charge in [-0.05, 0) is 18.4 Å². The van der Waals surface area contributed by atoms with Gasteiger partial charge in [-0.15, -0.1) is 0 Å². The molecule has 130 valence electrons. The number of carboxylic acids is 1. The number of hydrogen-bond acceptors (Lipinski definition) is 3. The minimum Gasteiger partial charge on any atom is -0.481 e. The quantitative estimate of drug-likeness (QED) is 0.905. The fourth-order valence-electron chi connectivity index (χ4n) is 3.99. The van der Waals surface area contributed by atoms with Gasteiger partial charge in [-0.2, -0.15) is 0 Å². The van der Waals surface area contributed by atoms with Gasteiger partial charge in [0.15, 0.2) is 0 Å². The minimum atomic E-state index is -0.937. The predicted octanol–water partition coefficient (Wildman–Crippen LogP) is 2.13. The molecule has 0 spiro atoms. The summed E-state index contributed by atoms with van der Waals surface area (Å²) in [5, 5.41) is 9.62. The smallest absolute Gasteiger partial charge is 0.309 e. The van der Waals surface area contributed by atoms with Crippen molar-refractivity contribution in [2.75, 3.05) is 6.54 Å². The van der Waals surface area contributed by atoms with Crippen LogP contribution in [0.25, 0.3) is 0 Å². The fourth-order valence-corrected chi connectivity index (χ4v) is 3.99. The fraction of sp³-hybridized carbons (Fsp3) is 0.421. The first-order valence-electron chi connectivity index (χ1n) is 8.57. The van der Waals surface area contributed by atoms with E-state index in [2.05, 4.69) is 17.1 Å². The van der Waals surface area contributed by atoms with Gasteiger partial charge in [0.2, 0.25) is 5.91 Å². The molecule has 1 saturated heterocycles. The summed E-state index contributed by atoms with van der Waals surface area (Å²) in [6.45, 7) is 0.553. The van der Waals surface area contributed by atoms with Crippen LogP contribution in [0.2, 0.25) is 0 Å². The van der Waals surface area contributed by atoms with Crippen molar-refractivity contribution in [3.8, 4) is 0 Å². The molecule has 2 fully saturated rings. The molecule has 1 aliphatic heterocycles. The molecule has 0 unspecified atom stereocenters. The van der Waals surface area contributed by atoms with E-state index in [0.29, 0.717) is 12.4 Å². The number of benzene rings is 1. The minimum absolute atomic E-state index is 0.0394. The average molecular weight is 339 g/mol. The summed E-state index contributed by atoms with van der Waals surface area (Å²) in [6, 6.07) is 9.69. The molecule has 0 radical (unpaired) electrons. The summed E-state index contributed by atoms with van der Waals surface area (Å²) >= 11 is 0. The van der Waals surface area contributed by atoms with Crippen LogP contribution in [-0.4, -0.2) is 38.0 Å². The van der Waals surface area contributed by atoms with E-state index in [4.69, 9.17) is 0 Å². The molecule has 4 rings (SSSR count). The third-order valence-corrected chi connectivity index (χ3v) is 5.58. The Bertz CT molecular complexity index is 810. The maximum atomic E-state index is 12.7. The van der Waals surface area contributed by atoms with Gasteiger partial charge < -0.3 is 14.6 Å². The molecule has 1 aliphatic carbocycles. The van der Waals surface area contributed by atoms with Crippen LogP contribution in [-0.2, 0) is 22.1 Å². The molecule has 1 aromatic carbocycles. The second-order valence-corrected chi connectivity index (χ2v) is 7.16. The average Bonchev–Trinajstić information content (AvgIpc) is 3.17. The van der Waals surface area contributed by atoms with E-state index in [1.54, 1.807) is 17.3 Å². The number of aliphatic carboxylic acids is 1. The number of carboxylic acid groups (broad SMARTS) is 1. The number of carbonyl (C=O) groups excluding carboxylic acids is 1. The van der Waals surface area contributed by atoms with Crippen LogP contribution in [0.15, 0.2) is 42.7 Å². The van der Waals surface area contributed by atoms with Crippen molar-refractivity contribution in [1.82, 2.24) is 14.5 Å². The highest BCUT2D eigenvalue weighted by molar-refractivity contribution is 5.87. The summed E-state index contributed by atoms with van der Waals surface area (Å²) in [5.41, 5.74) is 1.17. The van der Waals surface area contributed by atoms with E-state index in [1.165, 1.54) is 5.56 Å². The number of aromatic nitrogens is 2. The molecule has 1 aromatic heterocycles. The molecule has 2 heterocycles. The lowest BCUT2D eigenvalue weighted by Gasteiger charge is -2.30. The maximum Gasteiger partial charge on any atom is 0.309 e. The Morgan fingerprint density at radius 2 is 2.04 bits per heavy atom. The van der Waals surface area contributed by atoms with Gasteiger partial charge in [-0.3, -0.25) is 9.59 Å². The SMILES string of the molecule is Cn1ccnc1[C@@H]1[C@H](C(=O)O)CC(=O)N1CC1(c2ccccc2)CC1. The van der Waals surface area contributed by atoms with Crippen LogP contribution in [0.4, 0.5) is 0 Å². The first kappa shape index (κ1) is 15.9. The molecular formula is C19H21N3O3. The van der Waals surface area contributed by atoms with Gasteiger partial charge in [0.05, 0.1) is 5.92 Å². The van der Waals surface area contributed by atoms with Crippen LogP contribution < -0.4 is 0 Å². The third kappa shape index (κ3) is 2.62. The Morgan fingerprint density at radius 1 is 1.32 bits per heavy atom. The largest absolute Gasteiger partial charge is 0.481 e. The Hall–Kier alpha value is -2.63. The van der Waals surface area contributed by atoms with Gasteiger partial charge in [-0.25, -0.2) is 4.98 Å². The molecular weight excluding hydrogens is 318 g/mol. The van der Waals surface area contributed by atoms with Gasteiger partial charge in [0.1, 0.15) is 11.9 Å². The standard InChI is InChI=1S/C19H21N3O3/c1-21-10-9-20-17(21)16-14(18(24)25)11-15(23)22(16)12-19(7-8-19)13-5-3-2-4-6-13/h2-6,9-10,14,16H,7-8,11-12H2,1H3,(H,24,25)/t14-,16+/m1/s1. The summed E-state index contributed by atoms with van der Waals surface area (Å²) in [4.78, 5) is 30.5. The van der Waals surface area contributed by atoms with E-state index >= 15 is 0 Å². The molecule has 2 aliphatic rings. The first-order valence-corrected chi connectivity index (χ1v) is 8.57. The zero-order valence-electron chi connectivity index (χ0n) is 14.1. The number of carbonyl (C=O) groups is 2. The summed E-state index contributed by atoms with van der Waals surface area (Å²) < 4.78 is 1.81. The van der Waals surface area contributed by atoms with Crippen LogP contribution in [0.3, 0.4) is 0 Å². The van der Waals surface area contributed by atoms with Gasteiger partial charge >= 0.3 is 5.97 Å². The van der Waals surface area contributed by atoms with E-state index < -0.39 is 17.9 Å². The van der Waals surface area contributed by atoms with E-state index in [-0.39, 0.29) is 17.7 Å². The molecule has 0 bridgehead atoms. The van der Waals surface area contributed by atoms with Gasteiger partial charge in [-0.1, -0.05) is 30.3 Å². The number of hydrogen-bond donors (Lipinski definition) is 1. The molecule has 1 amide bonds. The molecule has 2 aromatic rings. The summed E-state index contributed by atoms with van der Waals surface area (Å²) in [7, 11) is 1.84. The number of rotatable bonds is 5. The molecule has 2 atom stereocenters. The van der Waals surface area contributed by atoms with Crippen molar-refractivity contribution in [2.24, 2.45) is 13.0 Å². The summed E-state index contributed by atoms with van der Waals surface area (Å²) in [6.07, 6.45) is 5.52. The molecule has 6 nitrogen and oxygen atoms in total. The normalized spacial score (nSPS) is 24.5. The Balaban J connectivity index is 1.68. The number of aryl methyl sites for hydroxylation is 1. The Morgan fingerprint density at radius 3 is 2.60 bits per heavy atom. The second-order valence-electron chi connectivity index (χ2n) is 7.16. The lowest BCUT2D eigenvalue weighted by molar-refractivity contribution is -0.142. The third-order valence-electron chi connectivity index (χ3n) is 5.58. The lowest BCUT2D eigenvalue weighted by Crippen LogP contribution is -2.38. The number of likely N-dealkylation sites (tertiary alicyclic amines) is 1. The highest BCUT2D eigenvalue weighted by Gasteiger charge is 2.53. The number of nitrogens with zero attached hydrogens (tertiary/aromatic N) is 3. The van der Waals surface area contributed by atoms with Crippen LogP contribution >= 0.6 is 0 Å². The second kappa shape index (κ2) is 5.72. The van der Waals surface area contributed by atoms with Crippen LogP contribution in [0.1, 0.15) is 36.7 Å². The molecule has 1 saturated carbocycles. The zero-order chi connectivity index (χ0) is 17.6. The molecule has 6 heteroatoms. The van der Waals surface area contributed by atoms with E-state index in [0.717, 1.165) is 12.8 Å². The molecule has 25 heavy (non-hydrogen) atoms. The summed E-state index contributed by atoms with van der Waals surface area (Å²) in [5.74, 6) is -1.14. The van der Waals surface area contributed by atoms with Gasteiger partial charge in [0.25, 0.3) is 0 Å².